The number of hydrogen-bond acceptors (Lipinski definition) is 3. The van der Waals surface area contributed by atoms with Crippen LogP contribution in [0.2, 0.25) is 0 Å². The van der Waals surface area contributed by atoms with Crippen molar-refractivity contribution in [1.29, 1.82) is 0 Å². The van der Waals surface area contributed by atoms with Crippen LogP contribution in [0.25, 0.3) is 0 Å². The number of nitrogens with one attached hydrogen (secondary N) is 1. The first kappa shape index (κ1) is 12.5. The molecule has 96 valence electrons. The van der Waals surface area contributed by atoms with Crippen molar-refractivity contribution in [3.63, 3.8) is 0 Å². The van der Waals surface area contributed by atoms with Crippen molar-refractivity contribution >= 4 is 11.4 Å². The van der Waals surface area contributed by atoms with E-state index in [9.17, 15) is 0 Å². The number of aromatic nitrogens is 2. The van der Waals surface area contributed by atoms with Gasteiger partial charge in [-0.3, -0.25) is 4.68 Å². The Morgan fingerprint density at radius 1 is 1.22 bits per heavy atom. The molecule has 3 N–H and O–H groups in total. The summed E-state index contributed by atoms with van der Waals surface area (Å²) in [6.07, 6.45) is 3.90. The predicted octanol–water partition coefficient (Wildman–Crippen LogP) is 2.50. The van der Waals surface area contributed by atoms with Crippen molar-refractivity contribution in [3.8, 4) is 0 Å². The molecular formula is C14H20N4. The molecule has 1 aromatic heterocycles. The van der Waals surface area contributed by atoms with E-state index in [1.165, 1.54) is 16.7 Å². The number of nitrogens with zero attached hydrogens (tertiary/aromatic N) is 2. The Balaban J connectivity index is 1.96. The average molecular weight is 244 g/mol. The molecule has 0 aliphatic heterocycles. The molecule has 0 radical (unpaired) electrons. The van der Waals surface area contributed by atoms with E-state index in [1.54, 1.807) is 0 Å². The zero-order chi connectivity index (χ0) is 13.1. The van der Waals surface area contributed by atoms with Gasteiger partial charge in [-0.2, -0.15) is 5.10 Å². The van der Waals surface area contributed by atoms with E-state index in [0.29, 0.717) is 0 Å². The fraction of sp³-hybridized carbons (Fsp3) is 0.357. The lowest BCUT2D eigenvalue weighted by molar-refractivity contribution is 0.637. The summed E-state index contributed by atoms with van der Waals surface area (Å²) in [4.78, 5) is 0. The minimum atomic E-state index is 0.801. The number of rotatable bonds is 4. The molecule has 0 amide bonds. The van der Waals surface area contributed by atoms with Crippen molar-refractivity contribution in [2.24, 2.45) is 0 Å². The summed E-state index contributed by atoms with van der Waals surface area (Å²) in [6, 6.07) is 4.11. The predicted molar refractivity (Wildman–Crippen MR) is 75.8 cm³/mol. The van der Waals surface area contributed by atoms with Gasteiger partial charge in [-0.15, -0.1) is 0 Å². The summed E-state index contributed by atoms with van der Waals surface area (Å²) in [6.45, 7) is 7.85. The Bertz CT molecular complexity index is 543. The molecule has 4 nitrogen and oxygen atoms in total. The normalized spacial score (nSPS) is 10.6. The minimum absolute atomic E-state index is 0.801. The first-order valence-corrected chi connectivity index (χ1v) is 6.16. The van der Waals surface area contributed by atoms with Gasteiger partial charge in [0, 0.05) is 12.7 Å². The van der Waals surface area contributed by atoms with Crippen LogP contribution in [-0.2, 0) is 6.54 Å². The highest BCUT2D eigenvalue weighted by molar-refractivity contribution is 5.68. The summed E-state index contributed by atoms with van der Waals surface area (Å²) in [5, 5.41) is 7.60. The van der Waals surface area contributed by atoms with E-state index in [1.807, 2.05) is 30.1 Å². The Morgan fingerprint density at radius 3 is 2.61 bits per heavy atom. The monoisotopic (exact) mass is 244 g/mol. The number of nitrogen functional groups attached to an aromatic ring is 1. The van der Waals surface area contributed by atoms with E-state index < -0.39 is 0 Å². The molecule has 0 saturated carbocycles. The summed E-state index contributed by atoms with van der Waals surface area (Å²) < 4.78 is 1.93. The molecule has 0 atom stereocenters. The number of benzene rings is 1. The SMILES string of the molecule is Cc1cnn(CCNc2cc(C)c(C)cc2N)c1. The van der Waals surface area contributed by atoms with E-state index in [0.717, 1.165) is 24.5 Å². The number of nitrogens with two attached hydrogens (primary N) is 1. The largest absolute Gasteiger partial charge is 0.397 e. The lowest BCUT2D eigenvalue weighted by Gasteiger charge is -2.12. The first-order valence-electron chi connectivity index (χ1n) is 6.16. The quantitative estimate of drug-likeness (QED) is 0.812. The first-order chi connectivity index (χ1) is 8.56. The molecule has 4 heteroatoms. The highest BCUT2D eigenvalue weighted by Gasteiger charge is 2.02. The lowest BCUT2D eigenvalue weighted by Crippen LogP contribution is -2.12. The lowest BCUT2D eigenvalue weighted by atomic mass is 10.1. The second-order valence-corrected chi connectivity index (χ2v) is 4.73. The molecule has 0 fully saturated rings. The highest BCUT2D eigenvalue weighted by atomic mass is 15.3. The van der Waals surface area contributed by atoms with E-state index in [-0.39, 0.29) is 0 Å². The van der Waals surface area contributed by atoms with E-state index in [4.69, 9.17) is 5.73 Å². The second kappa shape index (κ2) is 5.12. The summed E-state index contributed by atoms with van der Waals surface area (Å²) >= 11 is 0. The summed E-state index contributed by atoms with van der Waals surface area (Å²) in [7, 11) is 0. The maximum Gasteiger partial charge on any atom is 0.0582 e. The van der Waals surface area contributed by atoms with E-state index >= 15 is 0 Å². The third-order valence-corrected chi connectivity index (χ3v) is 3.08. The molecule has 2 aromatic rings. The van der Waals surface area contributed by atoms with Crippen molar-refractivity contribution in [1.82, 2.24) is 9.78 Å². The van der Waals surface area contributed by atoms with Gasteiger partial charge >= 0.3 is 0 Å². The smallest absolute Gasteiger partial charge is 0.0582 e. The van der Waals surface area contributed by atoms with Crippen LogP contribution in [-0.4, -0.2) is 16.3 Å². The molecule has 0 saturated heterocycles. The van der Waals surface area contributed by atoms with Crippen LogP contribution in [0.4, 0.5) is 11.4 Å². The molecule has 2 rings (SSSR count). The molecule has 1 aromatic carbocycles. The zero-order valence-corrected chi connectivity index (χ0v) is 11.2. The van der Waals surface area contributed by atoms with Gasteiger partial charge in [-0.05, 0) is 49.6 Å². The van der Waals surface area contributed by atoms with Gasteiger partial charge in [-0.1, -0.05) is 0 Å². The Labute approximate surface area is 108 Å². The van der Waals surface area contributed by atoms with Crippen LogP contribution in [0.15, 0.2) is 24.5 Å². The van der Waals surface area contributed by atoms with Gasteiger partial charge in [0.05, 0.1) is 24.1 Å². The van der Waals surface area contributed by atoms with Crippen LogP contribution in [0, 0.1) is 20.8 Å². The maximum absolute atomic E-state index is 5.99. The summed E-state index contributed by atoms with van der Waals surface area (Å²) in [5.74, 6) is 0. The minimum Gasteiger partial charge on any atom is -0.397 e. The number of hydrogen-bond donors (Lipinski definition) is 2. The molecular weight excluding hydrogens is 224 g/mol. The van der Waals surface area contributed by atoms with E-state index in [2.05, 4.69) is 30.3 Å². The van der Waals surface area contributed by atoms with Gasteiger partial charge in [0.25, 0.3) is 0 Å². The van der Waals surface area contributed by atoms with Crippen LogP contribution in [0.5, 0.6) is 0 Å². The van der Waals surface area contributed by atoms with Crippen molar-refractivity contribution in [2.75, 3.05) is 17.6 Å². The molecule has 18 heavy (non-hydrogen) atoms. The summed E-state index contributed by atoms with van der Waals surface area (Å²) in [5.41, 5.74) is 11.4. The maximum atomic E-state index is 5.99. The molecule has 0 aliphatic carbocycles. The van der Waals surface area contributed by atoms with Gasteiger partial charge in [0.15, 0.2) is 0 Å². The Kier molecular flexibility index (Phi) is 3.55. The zero-order valence-electron chi connectivity index (χ0n) is 11.2. The van der Waals surface area contributed by atoms with Crippen LogP contribution >= 0.6 is 0 Å². The standard InChI is InChI=1S/C14H20N4/c1-10-8-17-18(9-10)5-4-16-14-7-12(3)11(2)6-13(14)15/h6-9,16H,4-5,15H2,1-3H3. The Hall–Kier alpha value is -1.97. The van der Waals surface area contributed by atoms with Gasteiger partial charge in [0.1, 0.15) is 0 Å². The van der Waals surface area contributed by atoms with Crippen molar-refractivity contribution in [3.05, 3.63) is 41.2 Å². The number of anilines is 2. The Morgan fingerprint density at radius 2 is 1.94 bits per heavy atom. The van der Waals surface area contributed by atoms with Gasteiger partial charge in [-0.25, -0.2) is 0 Å². The van der Waals surface area contributed by atoms with Crippen LogP contribution < -0.4 is 11.1 Å². The van der Waals surface area contributed by atoms with Crippen LogP contribution in [0.3, 0.4) is 0 Å². The fourth-order valence-corrected chi connectivity index (χ4v) is 1.89. The topological polar surface area (TPSA) is 55.9 Å². The van der Waals surface area contributed by atoms with Crippen molar-refractivity contribution in [2.45, 2.75) is 27.3 Å². The fourth-order valence-electron chi connectivity index (χ4n) is 1.89. The van der Waals surface area contributed by atoms with Crippen LogP contribution in [0.1, 0.15) is 16.7 Å². The highest BCUT2D eigenvalue weighted by Crippen LogP contribution is 2.22. The molecule has 0 bridgehead atoms. The third kappa shape index (κ3) is 2.83. The number of aryl methyl sites for hydroxylation is 3. The van der Waals surface area contributed by atoms with Gasteiger partial charge in [0.2, 0.25) is 0 Å². The van der Waals surface area contributed by atoms with Gasteiger partial charge < -0.3 is 11.1 Å². The average Bonchev–Trinajstić information content (AvgIpc) is 2.71. The third-order valence-electron chi connectivity index (χ3n) is 3.08. The molecule has 0 unspecified atom stereocenters. The molecule has 0 aliphatic rings. The molecule has 1 heterocycles. The molecule has 0 spiro atoms. The second-order valence-electron chi connectivity index (χ2n) is 4.73. The van der Waals surface area contributed by atoms with Crippen molar-refractivity contribution < 1.29 is 0 Å².